The summed E-state index contributed by atoms with van der Waals surface area (Å²) in [7, 11) is 1.25. The Balaban J connectivity index is 2.62. The lowest BCUT2D eigenvalue weighted by molar-refractivity contribution is 0.0595. The third-order valence-corrected chi connectivity index (χ3v) is 1.84. The van der Waals surface area contributed by atoms with Gasteiger partial charge in [-0.25, -0.2) is 9.78 Å². The molecule has 0 N–H and O–H groups in total. The number of halogens is 1. The SMILES string of the molecule is COC(=O)c1cn2c(F)cccc2n1. The first-order valence-electron chi connectivity index (χ1n) is 3.94. The largest absolute Gasteiger partial charge is 0.464 e. The molecule has 72 valence electrons. The Kier molecular flexibility index (Phi) is 1.92. The molecule has 0 bridgehead atoms. The Hall–Kier alpha value is -1.91. The van der Waals surface area contributed by atoms with Crippen molar-refractivity contribution in [3.8, 4) is 0 Å². The molecule has 0 aliphatic carbocycles. The lowest BCUT2D eigenvalue weighted by atomic mass is 10.5. The molecule has 2 rings (SSSR count). The molecule has 0 aliphatic heterocycles. The van der Waals surface area contributed by atoms with E-state index in [1.54, 1.807) is 6.07 Å². The molecule has 2 aromatic heterocycles. The number of rotatable bonds is 1. The first-order valence-corrected chi connectivity index (χ1v) is 3.94. The lowest BCUT2D eigenvalue weighted by Crippen LogP contribution is -2.00. The van der Waals surface area contributed by atoms with Gasteiger partial charge >= 0.3 is 5.97 Å². The second kappa shape index (κ2) is 3.10. The maximum absolute atomic E-state index is 13.1. The number of methoxy groups -OCH3 is 1. The van der Waals surface area contributed by atoms with Gasteiger partial charge in [0, 0.05) is 6.20 Å². The van der Waals surface area contributed by atoms with Crippen LogP contribution >= 0.6 is 0 Å². The summed E-state index contributed by atoms with van der Waals surface area (Å²) in [6.07, 6.45) is 1.30. The Labute approximate surface area is 78.9 Å². The third-order valence-electron chi connectivity index (χ3n) is 1.84. The number of imidazole rings is 1. The third kappa shape index (κ3) is 1.22. The lowest BCUT2D eigenvalue weighted by Gasteiger charge is -1.92. The van der Waals surface area contributed by atoms with Crippen LogP contribution < -0.4 is 0 Å². The topological polar surface area (TPSA) is 43.6 Å². The molecule has 5 heteroatoms. The number of aromatic nitrogens is 2. The van der Waals surface area contributed by atoms with Gasteiger partial charge in [0.25, 0.3) is 0 Å². The first-order chi connectivity index (χ1) is 6.72. The Morgan fingerprint density at radius 1 is 1.57 bits per heavy atom. The predicted molar refractivity (Wildman–Crippen MR) is 46.5 cm³/mol. The number of nitrogens with zero attached hydrogens (tertiary/aromatic N) is 2. The highest BCUT2D eigenvalue weighted by molar-refractivity contribution is 5.87. The van der Waals surface area contributed by atoms with Gasteiger partial charge in [0.15, 0.2) is 11.6 Å². The van der Waals surface area contributed by atoms with E-state index in [4.69, 9.17) is 0 Å². The predicted octanol–water partition coefficient (Wildman–Crippen LogP) is 1.26. The minimum absolute atomic E-state index is 0.0950. The van der Waals surface area contributed by atoms with E-state index >= 15 is 0 Å². The molecule has 0 saturated heterocycles. The van der Waals surface area contributed by atoms with Crippen molar-refractivity contribution in [2.75, 3.05) is 7.11 Å². The van der Waals surface area contributed by atoms with Crippen LogP contribution in [-0.2, 0) is 4.74 Å². The molecule has 0 atom stereocenters. The number of fused-ring (bicyclic) bond motifs is 1. The average Bonchev–Trinajstić information content (AvgIpc) is 2.62. The molecule has 0 radical (unpaired) electrons. The van der Waals surface area contributed by atoms with Gasteiger partial charge in [-0.1, -0.05) is 6.07 Å². The zero-order valence-electron chi connectivity index (χ0n) is 7.40. The highest BCUT2D eigenvalue weighted by Crippen LogP contribution is 2.08. The van der Waals surface area contributed by atoms with Gasteiger partial charge in [0.05, 0.1) is 7.11 Å². The van der Waals surface area contributed by atoms with Gasteiger partial charge in [-0.2, -0.15) is 4.39 Å². The Morgan fingerprint density at radius 3 is 3.00 bits per heavy atom. The van der Waals surface area contributed by atoms with Crippen molar-refractivity contribution < 1.29 is 13.9 Å². The number of pyridine rings is 1. The minimum Gasteiger partial charge on any atom is -0.464 e. The van der Waals surface area contributed by atoms with Crippen molar-refractivity contribution in [1.29, 1.82) is 0 Å². The number of ether oxygens (including phenoxy) is 1. The molecule has 0 fully saturated rings. The van der Waals surface area contributed by atoms with Gasteiger partial charge in [-0.3, -0.25) is 4.40 Å². The highest BCUT2D eigenvalue weighted by atomic mass is 19.1. The van der Waals surface area contributed by atoms with E-state index in [1.807, 2.05) is 0 Å². The van der Waals surface area contributed by atoms with Crippen molar-refractivity contribution in [1.82, 2.24) is 9.38 Å². The zero-order valence-corrected chi connectivity index (χ0v) is 7.40. The summed E-state index contributed by atoms with van der Waals surface area (Å²) < 4.78 is 18.8. The van der Waals surface area contributed by atoms with Gasteiger partial charge in [0.2, 0.25) is 0 Å². The molecule has 0 saturated carbocycles. The van der Waals surface area contributed by atoms with Crippen LogP contribution in [0, 0.1) is 5.95 Å². The van der Waals surface area contributed by atoms with Gasteiger partial charge in [0.1, 0.15) is 5.65 Å². The van der Waals surface area contributed by atoms with Crippen LogP contribution in [0.1, 0.15) is 10.5 Å². The zero-order chi connectivity index (χ0) is 10.1. The summed E-state index contributed by atoms with van der Waals surface area (Å²) in [5.74, 6) is -1.04. The van der Waals surface area contributed by atoms with E-state index in [0.29, 0.717) is 5.65 Å². The van der Waals surface area contributed by atoms with Crippen LogP contribution in [0.4, 0.5) is 4.39 Å². The Morgan fingerprint density at radius 2 is 2.36 bits per heavy atom. The van der Waals surface area contributed by atoms with E-state index in [-0.39, 0.29) is 5.69 Å². The summed E-state index contributed by atoms with van der Waals surface area (Å²) >= 11 is 0. The maximum Gasteiger partial charge on any atom is 0.358 e. The fourth-order valence-corrected chi connectivity index (χ4v) is 1.18. The average molecular weight is 194 g/mol. The van der Waals surface area contributed by atoms with E-state index in [0.717, 1.165) is 0 Å². The molecule has 0 unspecified atom stereocenters. The molecular formula is C9H7FN2O2. The molecule has 14 heavy (non-hydrogen) atoms. The van der Waals surface area contributed by atoms with Crippen molar-refractivity contribution in [3.05, 3.63) is 36.0 Å². The molecule has 2 aromatic rings. The van der Waals surface area contributed by atoms with Crippen molar-refractivity contribution in [2.45, 2.75) is 0 Å². The number of hydrogen-bond donors (Lipinski definition) is 0. The quantitative estimate of drug-likeness (QED) is 0.507. The van der Waals surface area contributed by atoms with Crippen LogP contribution in [0.5, 0.6) is 0 Å². The molecule has 0 amide bonds. The molecule has 0 aromatic carbocycles. The van der Waals surface area contributed by atoms with Crippen LogP contribution in [0.15, 0.2) is 24.4 Å². The summed E-state index contributed by atoms with van der Waals surface area (Å²) in [5, 5.41) is 0. The molecular weight excluding hydrogens is 187 g/mol. The standard InChI is InChI=1S/C9H7FN2O2/c1-14-9(13)6-5-12-7(10)3-2-4-8(12)11-6/h2-5H,1H3. The second-order valence-electron chi connectivity index (χ2n) is 2.69. The van der Waals surface area contributed by atoms with Crippen LogP contribution in [0.2, 0.25) is 0 Å². The summed E-state index contributed by atoms with van der Waals surface area (Å²) in [5.41, 5.74) is 0.475. The minimum atomic E-state index is -0.576. The number of hydrogen-bond acceptors (Lipinski definition) is 3. The molecule has 0 aliphatic rings. The monoisotopic (exact) mass is 194 g/mol. The molecule has 2 heterocycles. The van der Waals surface area contributed by atoms with Gasteiger partial charge in [-0.05, 0) is 12.1 Å². The number of esters is 1. The van der Waals surface area contributed by atoms with Crippen molar-refractivity contribution in [3.63, 3.8) is 0 Å². The maximum atomic E-state index is 13.1. The van der Waals surface area contributed by atoms with Gasteiger partial charge < -0.3 is 4.74 Å². The first kappa shape index (κ1) is 8.68. The smallest absolute Gasteiger partial charge is 0.358 e. The fraction of sp³-hybridized carbons (Fsp3) is 0.111. The molecule has 4 nitrogen and oxygen atoms in total. The second-order valence-corrected chi connectivity index (χ2v) is 2.69. The van der Waals surface area contributed by atoms with Crippen LogP contribution in [0.3, 0.4) is 0 Å². The van der Waals surface area contributed by atoms with Crippen LogP contribution in [-0.4, -0.2) is 22.5 Å². The van der Waals surface area contributed by atoms with Crippen LogP contribution in [0.25, 0.3) is 5.65 Å². The fourth-order valence-electron chi connectivity index (χ4n) is 1.18. The van der Waals surface area contributed by atoms with Gasteiger partial charge in [-0.15, -0.1) is 0 Å². The van der Waals surface area contributed by atoms with Crippen molar-refractivity contribution in [2.24, 2.45) is 0 Å². The normalized spacial score (nSPS) is 10.4. The molecule has 0 spiro atoms. The summed E-state index contributed by atoms with van der Waals surface area (Å²) in [6.45, 7) is 0. The van der Waals surface area contributed by atoms with E-state index in [1.165, 1.54) is 29.8 Å². The van der Waals surface area contributed by atoms with Crippen molar-refractivity contribution >= 4 is 11.6 Å². The number of carbonyl (C=O) groups excluding carboxylic acids is 1. The summed E-state index contributed by atoms with van der Waals surface area (Å²) in [4.78, 5) is 15.0. The van der Waals surface area contributed by atoms with E-state index in [2.05, 4.69) is 9.72 Å². The Bertz CT molecular complexity index is 493. The summed E-state index contributed by atoms with van der Waals surface area (Å²) in [6, 6.07) is 4.42. The van der Waals surface area contributed by atoms with E-state index in [9.17, 15) is 9.18 Å². The number of carbonyl (C=O) groups is 1. The van der Waals surface area contributed by atoms with E-state index < -0.39 is 11.9 Å². The highest BCUT2D eigenvalue weighted by Gasteiger charge is 2.11.